The molecule has 0 saturated carbocycles. The molecule has 0 amide bonds. The second-order valence-corrected chi connectivity index (χ2v) is 7.68. The number of nitrogens with zero attached hydrogens (tertiary/aromatic N) is 2. The van der Waals surface area contributed by atoms with E-state index < -0.39 is 0 Å². The van der Waals surface area contributed by atoms with Crippen molar-refractivity contribution in [1.29, 1.82) is 0 Å². The molecule has 0 unspecified atom stereocenters. The molecule has 0 radical (unpaired) electrons. The SMILES string of the molecule is C=C/C=C(\NS)N[C@@H](/N=C/N=CC(C)(C)C)c1cccc(C)c1.c1ccccc1. The van der Waals surface area contributed by atoms with E-state index in [1.54, 1.807) is 18.5 Å². The summed E-state index contributed by atoms with van der Waals surface area (Å²) in [7, 11) is 0. The summed E-state index contributed by atoms with van der Waals surface area (Å²) in [6.07, 6.45) is 6.67. The molecule has 2 N–H and O–H groups in total. The van der Waals surface area contributed by atoms with E-state index in [-0.39, 0.29) is 11.6 Å². The Balaban J connectivity index is 0.000000594. The van der Waals surface area contributed by atoms with E-state index >= 15 is 0 Å². The molecule has 0 aromatic heterocycles. The average Bonchev–Trinajstić information content (AvgIpc) is 2.70. The normalized spacial score (nSPS) is 12.9. The molecule has 0 fully saturated rings. The van der Waals surface area contributed by atoms with Crippen LogP contribution in [0.5, 0.6) is 0 Å². The van der Waals surface area contributed by atoms with Crippen LogP contribution < -0.4 is 10.0 Å². The fourth-order valence-electron chi connectivity index (χ4n) is 2.18. The lowest BCUT2D eigenvalue weighted by molar-refractivity contribution is 0.606. The van der Waals surface area contributed by atoms with E-state index in [0.29, 0.717) is 5.82 Å². The first kappa shape index (κ1) is 24.2. The minimum absolute atomic E-state index is 0.0266. The highest BCUT2D eigenvalue weighted by Crippen LogP contribution is 2.17. The van der Waals surface area contributed by atoms with Gasteiger partial charge in [-0.1, -0.05) is 112 Å². The maximum atomic E-state index is 4.53. The third kappa shape index (κ3) is 11.6. The molecule has 2 aromatic carbocycles. The van der Waals surface area contributed by atoms with E-state index in [1.807, 2.05) is 54.7 Å². The predicted molar refractivity (Wildman–Crippen MR) is 130 cm³/mol. The minimum atomic E-state index is -0.266. The van der Waals surface area contributed by atoms with E-state index in [1.165, 1.54) is 5.56 Å². The summed E-state index contributed by atoms with van der Waals surface area (Å²) in [6.45, 7) is 12.0. The molecule has 0 spiro atoms. The van der Waals surface area contributed by atoms with Gasteiger partial charge in [-0.15, -0.1) is 0 Å². The van der Waals surface area contributed by atoms with Crippen molar-refractivity contribution < 1.29 is 0 Å². The molecule has 0 saturated heterocycles. The summed E-state index contributed by atoms with van der Waals surface area (Å²) in [5.41, 5.74) is 2.25. The lowest BCUT2D eigenvalue weighted by Crippen LogP contribution is -2.24. The Morgan fingerprint density at radius 1 is 1.07 bits per heavy atom. The molecule has 0 heterocycles. The largest absolute Gasteiger partial charge is 0.346 e. The third-order valence-corrected chi connectivity index (χ3v) is 3.71. The summed E-state index contributed by atoms with van der Waals surface area (Å²) >= 11 is 4.09. The number of allylic oxidation sites excluding steroid dienone is 2. The molecule has 29 heavy (non-hydrogen) atoms. The van der Waals surface area contributed by atoms with Gasteiger partial charge in [0.15, 0.2) is 0 Å². The second kappa shape index (κ2) is 13.4. The molecule has 154 valence electrons. The number of benzene rings is 2. The van der Waals surface area contributed by atoms with Crippen molar-refractivity contribution in [2.75, 3.05) is 0 Å². The molecule has 0 aliphatic rings. The summed E-state index contributed by atoms with van der Waals surface area (Å²) in [4.78, 5) is 8.80. The number of hydrogen-bond acceptors (Lipinski definition) is 4. The van der Waals surface area contributed by atoms with Crippen LogP contribution in [0.2, 0.25) is 0 Å². The van der Waals surface area contributed by atoms with Crippen molar-refractivity contribution in [3.63, 3.8) is 0 Å². The van der Waals surface area contributed by atoms with Crippen LogP contribution in [0, 0.1) is 12.3 Å². The molecule has 0 aliphatic heterocycles. The number of aryl methyl sites for hydroxylation is 1. The summed E-state index contributed by atoms with van der Waals surface area (Å²) in [6, 6.07) is 20.2. The van der Waals surface area contributed by atoms with E-state index in [0.717, 1.165) is 5.56 Å². The number of rotatable bonds is 7. The Morgan fingerprint density at radius 2 is 1.69 bits per heavy atom. The summed E-state index contributed by atoms with van der Waals surface area (Å²) < 4.78 is 2.79. The van der Waals surface area contributed by atoms with Crippen molar-refractivity contribution in [2.45, 2.75) is 33.9 Å². The third-order valence-electron chi connectivity index (χ3n) is 3.47. The molecule has 2 rings (SSSR count). The van der Waals surface area contributed by atoms with Crippen LogP contribution in [-0.4, -0.2) is 12.6 Å². The van der Waals surface area contributed by atoms with Crippen molar-refractivity contribution in [3.8, 4) is 0 Å². The Hall–Kier alpha value is -2.79. The Bertz CT molecular complexity index is 778. The molecule has 0 aliphatic carbocycles. The Labute approximate surface area is 181 Å². The molecule has 1 atom stereocenters. The van der Waals surface area contributed by atoms with Crippen LogP contribution in [-0.2, 0) is 0 Å². The Kier molecular flexibility index (Phi) is 11.2. The molecule has 4 nitrogen and oxygen atoms in total. The van der Waals surface area contributed by atoms with Gasteiger partial charge in [-0.05, 0) is 24.0 Å². The van der Waals surface area contributed by atoms with E-state index in [2.05, 4.69) is 79.2 Å². The van der Waals surface area contributed by atoms with E-state index in [9.17, 15) is 0 Å². The lowest BCUT2D eigenvalue weighted by atomic mass is 9.99. The zero-order valence-electron chi connectivity index (χ0n) is 17.7. The molecular formula is C24H32N4S. The number of nitrogens with one attached hydrogen (secondary N) is 2. The van der Waals surface area contributed by atoms with Crippen LogP contribution in [0.3, 0.4) is 0 Å². The van der Waals surface area contributed by atoms with Crippen LogP contribution in [0.25, 0.3) is 0 Å². The van der Waals surface area contributed by atoms with Gasteiger partial charge >= 0.3 is 0 Å². The maximum absolute atomic E-state index is 4.53. The molecule has 2 aromatic rings. The fourth-order valence-corrected chi connectivity index (χ4v) is 2.32. The highest BCUT2D eigenvalue weighted by atomic mass is 32.1. The monoisotopic (exact) mass is 408 g/mol. The zero-order valence-corrected chi connectivity index (χ0v) is 18.6. The lowest BCUT2D eigenvalue weighted by Gasteiger charge is -2.18. The van der Waals surface area contributed by atoms with Crippen LogP contribution in [0.15, 0.2) is 95.2 Å². The first-order chi connectivity index (χ1) is 13.9. The fraction of sp³-hybridized carbons (Fsp3) is 0.250. The van der Waals surface area contributed by atoms with E-state index in [4.69, 9.17) is 0 Å². The standard InChI is InChI=1S/C18H26N4S.C6H6/c1-6-8-16(22-23)21-17(15-10-7-9-14(2)11-15)20-13-19-12-18(3,4)5;1-2-4-6-5-3-1/h6-13,17,21-23H,1H2,2-5H3;1-6H/b16-8-,19-12?,20-13+;/t17-;/m1./s1. The highest BCUT2D eigenvalue weighted by molar-refractivity contribution is 7.78. The first-order valence-electron chi connectivity index (χ1n) is 9.47. The van der Waals surface area contributed by atoms with Crippen LogP contribution in [0.4, 0.5) is 0 Å². The number of thiol groups is 1. The minimum Gasteiger partial charge on any atom is -0.346 e. The number of aliphatic imine (C=N–C) groups is 2. The first-order valence-corrected chi connectivity index (χ1v) is 9.92. The van der Waals surface area contributed by atoms with Gasteiger partial charge in [0, 0.05) is 6.21 Å². The molecule has 5 heteroatoms. The van der Waals surface area contributed by atoms with Crippen molar-refractivity contribution in [1.82, 2.24) is 10.0 Å². The topological polar surface area (TPSA) is 48.8 Å². The maximum Gasteiger partial charge on any atom is 0.147 e. The average molecular weight is 409 g/mol. The zero-order chi connectivity index (χ0) is 21.5. The van der Waals surface area contributed by atoms with Gasteiger partial charge in [0.1, 0.15) is 18.3 Å². The van der Waals surface area contributed by atoms with Gasteiger partial charge < -0.3 is 10.0 Å². The Morgan fingerprint density at radius 3 is 2.17 bits per heavy atom. The smallest absolute Gasteiger partial charge is 0.147 e. The molecular weight excluding hydrogens is 376 g/mol. The quantitative estimate of drug-likeness (QED) is 0.232. The predicted octanol–water partition coefficient (Wildman–Crippen LogP) is 5.88. The van der Waals surface area contributed by atoms with Gasteiger partial charge in [-0.3, -0.25) is 0 Å². The van der Waals surface area contributed by atoms with Gasteiger partial charge in [0.05, 0.1) is 0 Å². The summed E-state index contributed by atoms with van der Waals surface area (Å²) in [5, 5.41) is 3.28. The summed E-state index contributed by atoms with van der Waals surface area (Å²) in [5.74, 6) is 0.715. The second-order valence-electron chi connectivity index (χ2n) is 7.45. The van der Waals surface area contributed by atoms with Crippen molar-refractivity contribution in [2.24, 2.45) is 15.4 Å². The van der Waals surface area contributed by atoms with Gasteiger partial charge in [0.25, 0.3) is 0 Å². The van der Waals surface area contributed by atoms with Gasteiger partial charge in [-0.2, -0.15) is 0 Å². The van der Waals surface area contributed by atoms with Crippen LogP contribution in [0.1, 0.15) is 38.1 Å². The highest BCUT2D eigenvalue weighted by Gasteiger charge is 2.10. The van der Waals surface area contributed by atoms with Gasteiger partial charge in [-0.25, -0.2) is 9.98 Å². The van der Waals surface area contributed by atoms with Crippen molar-refractivity contribution in [3.05, 3.63) is 96.3 Å². The van der Waals surface area contributed by atoms with Gasteiger partial charge in [0.2, 0.25) is 0 Å². The van der Waals surface area contributed by atoms with Crippen LogP contribution >= 0.6 is 12.8 Å². The molecule has 0 bridgehead atoms. The number of hydrogen-bond donors (Lipinski definition) is 3. The van der Waals surface area contributed by atoms with Crippen molar-refractivity contribution >= 4 is 25.4 Å².